The van der Waals surface area contributed by atoms with Crippen molar-refractivity contribution >= 4 is 0 Å². The van der Waals surface area contributed by atoms with E-state index in [9.17, 15) is 10.2 Å². The van der Waals surface area contributed by atoms with Gasteiger partial charge >= 0.3 is 0 Å². The highest BCUT2D eigenvalue weighted by molar-refractivity contribution is 5.62. The van der Waals surface area contributed by atoms with Crippen molar-refractivity contribution in [3.8, 4) is 17.2 Å². The van der Waals surface area contributed by atoms with E-state index >= 15 is 0 Å². The molecule has 0 radical (unpaired) electrons. The maximum atomic E-state index is 11.3. The third-order valence-electron chi connectivity index (χ3n) is 4.75. The number of fused-ring (bicyclic) bond motifs is 1. The van der Waals surface area contributed by atoms with E-state index in [1.54, 1.807) is 19.1 Å². The van der Waals surface area contributed by atoms with Crippen molar-refractivity contribution in [3.05, 3.63) is 52.2 Å². The zero-order valence-electron chi connectivity index (χ0n) is 17.7. The molecule has 1 aliphatic carbocycles. The Hall–Kier alpha value is -2.84. The quantitative estimate of drug-likeness (QED) is 0.742. The summed E-state index contributed by atoms with van der Waals surface area (Å²) in [5, 5.41) is 22.1. The lowest BCUT2D eigenvalue weighted by molar-refractivity contribution is 0.161. The maximum Gasteiger partial charge on any atom is 0.203 e. The number of benzene rings is 1. The van der Waals surface area contributed by atoms with Gasteiger partial charge in [0.05, 0.1) is 48.8 Å². The van der Waals surface area contributed by atoms with Gasteiger partial charge in [0.15, 0.2) is 23.0 Å². The third kappa shape index (κ3) is 3.99. The molecule has 0 heterocycles. The van der Waals surface area contributed by atoms with Gasteiger partial charge in [-0.1, -0.05) is 0 Å². The predicted octanol–water partition coefficient (Wildman–Crippen LogP) is 2.77. The van der Waals surface area contributed by atoms with E-state index in [1.807, 2.05) is 0 Å². The van der Waals surface area contributed by atoms with Crippen LogP contribution in [0, 0.1) is 0 Å². The van der Waals surface area contributed by atoms with Gasteiger partial charge < -0.3 is 38.6 Å². The fourth-order valence-electron chi connectivity index (χ4n) is 3.32. The summed E-state index contributed by atoms with van der Waals surface area (Å²) in [6, 6.07) is 1.60. The van der Waals surface area contributed by atoms with Gasteiger partial charge in [-0.25, -0.2) is 0 Å². The van der Waals surface area contributed by atoms with Crippen molar-refractivity contribution < 1.29 is 38.6 Å². The first-order chi connectivity index (χ1) is 13.9. The summed E-state index contributed by atoms with van der Waals surface area (Å²) < 4.78 is 32.8. The molecular weight excluding hydrogens is 380 g/mol. The van der Waals surface area contributed by atoms with Gasteiger partial charge in [-0.2, -0.15) is 0 Å². The van der Waals surface area contributed by atoms with Crippen LogP contribution in [0.2, 0.25) is 0 Å². The molecule has 160 valence electrons. The van der Waals surface area contributed by atoms with Crippen molar-refractivity contribution in [2.45, 2.75) is 19.1 Å². The third-order valence-corrected chi connectivity index (χ3v) is 4.75. The largest absolute Gasteiger partial charge is 0.493 e. The standard InChI is InChI=1S/C21H28O8/c1-11-17(23)16-12(10-15(25-3)20(28-6)21(16)29-7)13(22)8-9-14(24-2)19(27-5)18(11)26-4/h8-10,13,17,22-23H,1-7H3/b9-8+,18-11-,19-14-. The Labute approximate surface area is 170 Å². The summed E-state index contributed by atoms with van der Waals surface area (Å²) in [5.74, 6) is 1.79. The van der Waals surface area contributed by atoms with E-state index in [0.29, 0.717) is 39.7 Å². The maximum absolute atomic E-state index is 11.3. The minimum Gasteiger partial charge on any atom is -0.493 e. The lowest BCUT2D eigenvalue weighted by Gasteiger charge is -2.26. The molecule has 29 heavy (non-hydrogen) atoms. The molecule has 1 aliphatic rings. The molecule has 2 rings (SSSR count). The van der Waals surface area contributed by atoms with Crippen LogP contribution in [0.1, 0.15) is 30.3 Å². The van der Waals surface area contributed by atoms with Gasteiger partial charge in [-0.05, 0) is 30.7 Å². The van der Waals surface area contributed by atoms with Crippen molar-refractivity contribution in [1.82, 2.24) is 0 Å². The minimum absolute atomic E-state index is 0.243. The van der Waals surface area contributed by atoms with Crippen LogP contribution in [-0.4, -0.2) is 52.9 Å². The van der Waals surface area contributed by atoms with Crippen LogP contribution >= 0.6 is 0 Å². The van der Waals surface area contributed by atoms with E-state index in [1.165, 1.54) is 48.7 Å². The van der Waals surface area contributed by atoms with Crippen LogP contribution in [0.3, 0.4) is 0 Å². The van der Waals surface area contributed by atoms with Crippen molar-refractivity contribution in [2.24, 2.45) is 0 Å². The zero-order chi connectivity index (χ0) is 21.7. The minimum atomic E-state index is -1.21. The van der Waals surface area contributed by atoms with Crippen LogP contribution < -0.4 is 14.2 Å². The lowest BCUT2D eigenvalue weighted by atomic mass is 9.90. The number of aliphatic hydroxyl groups is 2. The first-order valence-electron chi connectivity index (χ1n) is 8.84. The molecule has 8 heteroatoms. The monoisotopic (exact) mass is 408 g/mol. The highest BCUT2D eigenvalue weighted by Gasteiger charge is 2.32. The Kier molecular flexibility index (Phi) is 7.41. The highest BCUT2D eigenvalue weighted by Crippen LogP contribution is 2.48. The molecule has 0 saturated heterocycles. The number of rotatable bonds is 6. The molecule has 0 fully saturated rings. The smallest absolute Gasteiger partial charge is 0.203 e. The molecule has 1 aromatic carbocycles. The fourth-order valence-corrected chi connectivity index (χ4v) is 3.32. The second kappa shape index (κ2) is 9.58. The molecule has 2 unspecified atom stereocenters. The van der Waals surface area contributed by atoms with E-state index < -0.39 is 12.2 Å². The summed E-state index contributed by atoms with van der Waals surface area (Å²) in [7, 11) is 8.80. The van der Waals surface area contributed by atoms with Gasteiger partial charge in [0, 0.05) is 11.1 Å². The van der Waals surface area contributed by atoms with Gasteiger partial charge in [-0.3, -0.25) is 0 Å². The number of hydrogen-bond donors (Lipinski definition) is 2. The van der Waals surface area contributed by atoms with E-state index in [0.717, 1.165) is 0 Å². The van der Waals surface area contributed by atoms with Gasteiger partial charge in [-0.15, -0.1) is 0 Å². The average Bonchev–Trinajstić information content (AvgIpc) is 2.75. The average molecular weight is 408 g/mol. The molecule has 1 aromatic rings. The summed E-state index contributed by atoms with van der Waals surface area (Å²) in [6.07, 6.45) is 0.760. The van der Waals surface area contributed by atoms with E-state index in [4.69, 9.17) is 28.4 Å². The topological polar surface area (TPSA) is 95.8 Å². The summed E-state index contributed by atoms with van der Waals surface area (Å²) in [5.41, 5.74) is 1.13. The number of ether oxygens (including phenoxy) is 6. The molecule has 0 bridgehead atoms. The lowest BCUT2D eigenvalue weighted by Crippen LogP contribution is -2.15. The summed E-state index contributed by atoms with van der Waals surface area (Å²) in [6.45, 7) is 1.69. The SMILES string of the molecule is COC1=C(OC)/C(OC)=C(\C)C(O)c2c(cc(OC)c(OC)c2OC)C(O)\C=C\1. The van der Waals surface area contributed by atoms with Crippen molar-refractivity contribution in [3.63, 3.8) is 0 Å². The van der Waals surface area contributed by atoms with E-state index in [-0.39, 0.29) is 11.5 Å². The Morgan fingerprint density at radius 1 is 0.759 bits per heavy atom. The summed E-state index contributed by atoms with van der Waals surface area (Å²) >= 11 is 0. The molecule has 0 saturated carbocycles. The molecule has 0 spiro atoms. The van der Waals surface area contributed by atoms with Gasteiger partial charge in [0.1, 0.15) is 6.10 Å². The van der Waals surface area contributed by atoms with Crippen LogP contribution in [0.4, 0.5) is 0 Å². The van der Waals surface area contributed by atoms with Crippen molar-refractivity contribution in [1.29, 1.82) is 0 Å². The Bertz CT molecular complexity index is 838. The molecular formula is C21H28O8. The van der Waals surface area contributed by atoms with Gasteiger partial charge in [0.25, 0.3) is 0 Å². The molecule has 8 nitrogen and oxygen atoms in total. The molecule has 2 N–H and O–H groups in total. The number of hydrogen-bond acceptors (Lipinski definition) is 8. The Balaban J connectivity index is 2.96. The van der Waals surface area contributed by atoms with E-state index in [2.05, 4.69) is 0 Å². The molecule has 0 aromatic heterocycles. The van der Waals surface area contributed by atoms with Crippen molar-refractivity contribution in [2.75, 3.05) is 42.7 Å². The van der Waals surface area contributed by atoms with Crippen LogP contribution in [-0.2, 0) is 14.2 Å². The Morgan fingerprint density at radius 2 is 1.38 bits per heavy atom. The second-order valence-corrected chi connectivity index (χ2v) is 6.17. The second-order valence-electron chi connectivity index (χ2n) is 6.17. The summed E-state index contributed by atoms with van der Waals surface area (Å²) in [4.78, 5) is 0. The first-order valence-corrected chi connectivity index (χ1v) is 8.84. The number of methoxy groups -OCH3 is 6. The van der Waals surface area contributed by atoms with Gasteiger partial charge in [0.2, 0.25) is 11.5 Å². The van der Waals surface area contributed by atoms with Crippen LogP contribution in [0.25, 0.3) is 0 Å². The van der Waals surface area contributed by atoms with Crippen LogP contribution in [0.15, 0.2) is 41.1 Å². The zero-order valence-corrected chi connectivity index (χ0v) is 17.7. The normalized spacial score (nSPS) is 25.6. The highest BCUT2D eigenvalue weighted by atomic mass is 16.5. The fraction of sp³-hybridized carbons (Fsp3) is 0.429. The molecule has 0 amide bonds. The molecule has 0 aliphatic heterocycles. The number of aliphatic hydroxyl groups excluding tert-OH is 2. The molecule has 2 atom stereocenters. The predicted molar refractivity (Wildman–Crippen MR) is 106 cm³/mol. The van der Waals surface area contributed by atoms with Crippen LogP contribution in [0.5, 0.6) is 17.2 Å². The number of allylic oxidation sites excluding steroid dienone is 1. The Morgan fingerprint density at radius 3 is 1.86 bits per heavy atom. The first kappa shape index (κ1) is 22.4.